The lowest BCUT2D eigenvalue weighted by Crippen LogP contribution is -2.76. The summed E-state index contributed by atoms with van der Waals surface area (Å²) in [6.45, 7) is 12.9. The van der Waals surface area contributed by atoms with Crippen LogP contribution in [0.15, 0.2) is 79.0 Å². The van der Waals surface area contributed by atoms with Crippen molar-refractivity contribution in [1.82, 2.24) is 25.4 Å². The predicted octanol–water partition coefficient (Wildman–Crippen LogP) is 6.25. The van der Waals surface area contributed by atoms with E-state index in [-0.39, 0.29) is 12.4 Å². The zero-order chi connectivity index (χ0) is 40.0. The van der Waals surface area contributed by atoms with E-state index in [9.17, 15) is 28.8 Å². The van der Waals surface area contributed by atoms with Gasteiger partial charge in [-0.25, -0.2) is 33.9 Å². The minimum absolute atomic E-state index is 0.186. The first-order valence-corrected chi connectivity index (χ1v) is 17.4. The molecule has 2 aromatic carbocycles. The second-order valence-corrected chi connectivity index (χ2v) is 14.7. The van der Waals surface area contributed by atoms with Crippen LogP contribution in [0.25, 0.3) is 0 Å². The maximum atomic E-state index is 14.2. The van der Waals surface area contributed by atoms with Gasteiger partial charge in [0.05, 0.1) is 19.2 Å². The van der Waals surface area contributed by atoms with Crippen molar-refractivity contribution >= 4 is 41.9 Å². The molecule has 2 N–H and O–H groups in total. The summed E-state index contributed by atoms with van der Waals surface area (Å²) in [5.41, 5.74) is -0.131. The molecule has 0 saturated carbocycles. The van der Waals surface area contributed by atoms with Crippen LogP contribution in [-0.4, -0.2) is 81.3 Å². The quantitative estimate of drug-likeness (QED) is 0.145. The van der Waals surface area contributed by atoms with Crippen molar-refractivity contribution in [3.8, 4) is 0 Å². The molecule has 0 spiro atoms. The number of nitrogens with one attached hydrogen (secondary N) is 2. The summed E-state index contributed by atoms with van der Waals surface area (Å²) in [6.07, 6.45) is -0.807. The number of aromatic nitrogens is 1. The van der Waals surface area contributed by atoms with Gasteiger partial charge in [0.2, 0.25) is 0 Å². The van der Waals surface area contributed by atoms with Crippen LogP contribution in [0.3, 0.4) is 0 Å². The molecule has 15 heteroatoms. The largest absolute Gasteiger partial charge is 0.467 e. The molecule has 0 bridgehead atoms. The Labute approximate surface area is 314 Å². The summed E-state index contributed by atoms with van der Waals surface area (Å²) in [7, 11) is 1.11. The van der Waals surface area contributed by atoms with E-state index in [1.54, 1.807) is 79.7 Å². The number of imide groups is 2. The van der Waals surface area contributed by atoms with Gasteiger partial charge in [-0.2, -0.15) is 4.90 Å². The van der Waals surface area contributed by atoms with Gasteiger partial charge in [-0.1, -0.05) is 60.7 Å². The Morgan fingerprint density at radius 1 is 0.796 bits per heavy atom. The molecule has 15 nitrogen and oxygen atoms in total. The first-order valence-electron chi connectivity index (χ1n) is 17.4. The second kappa shape index (κ2) is 16.8. The summed E-state index contributed by atoms with van der Waals surface area (Å²) in [5.74, 6) is -1.94. The number of carbonyl (C=O) groups excluding carboxylic acids is 6. The van der Waals surface area contributed by atoms with Crippen molar-refractivity contribution in [3.05, 3.63) is 95.7 Å². The molecule has 2 heterocycles. The molecule has 1 aliphatic heterocycles. The Kier molecular flexibility index (Phi) is 12.7. The zero-order valence-electron chi connectivity index (χ0n) is 32.0. The SMILES string of the molecule is COC(=O)[C@@H]1[C@@H](N(Cc2ccnc(N(C(=O)OC(C)(C)C)C(=O)OC(C)(C)C)c2)C(=O)N[C@H](C)c2ccccc2)C(=O)N1C(=O)N[C@H](C)c1ccccc1. The number of likely N-dealkylation sites (tertiary alicyclic amines) is 1. The number of amides is 7. The van der Waals surface area contributed by atoms with Gasteiger partial charge in [-0.05, 0) is 84.2 Å². The summed E-state index contributed by atoms with van der Waals surface area (Å²) in [5, 5.41) is 5.62. The fourth-order valence-corrected chi connectivity index (χ4v) is 5.58. The number of anilines is 1. The highest BCUT2D eigenvalue weighted by Gasteiger charge is 2.59. The lowest BCUT2D eigenvalue weighted by molar-refractivity contribution is -0.168. The molecule has 0 radical (unpaired) electrons. The van der Waals surface area contributed by atoms with E-state index in [0.717, 1.165) is 28.0 Å². The van der Waals surface area contributed by atoms with Crippen LogP contribution in [0.5, 0.6) is 0 Å². The molecule has 4 atom stereocenters. The van der Waals surface area contributed by atoms with Gasteiger partial charge in [0, 0.05) is 12.7 Å². The van der Waals surface area contributed by atoms with E-state index in [0.29, 0.717) is 10.5 Å². The smallest absolute Gasteiger partial charge is 0.425 e. The van der Waals surface area contributed by atoms with E-state index < -0.39 is 71.5 Å². The number of ether oxygens (including phenoxy) is 3. The Bertz CT molecular complexity index is 1810. The zero-order valence-corrected chi connectivity index (χ0v) is 32.0. The average molecular weight is 745 g/mol. The fourth-order valence-electron chi connectivity index (χ4n) is 5.58. The summed E-state index contributed by atoms with van der Waals surface area (Å²) in [6, 6.07) is 15.3. The molecule has 1 fully saturated rings. The number of urea groups is 2. The number of hydrogen-bond donors (Lipinski definition) is 2. The number of pyridine rings is 1. The van der Waals surface area contributed by atoms with Crippen molar-refractivity contribution in [1.29, 1.82) is 0 Å². The summed E-state index contributed by atoms with van der Waals surface area (Å²) in [4.78, 5) is 88.4. The summed E-state index contributed by atoms with van der Waals surface area (Å²) >= 11 is 0. The lowest BCUT2D eigenvalue weighted by atomic mass is 9.93. The number of methoxy groups -OCH3 is 1. The van der Waals surface area contributed by atoms with Crippen LogP contribution in [-0.2, 0) is 30.3 Å². The van der Waals surface area contributed by atoms with Crippen LogP contribution in [0, 0.1) is 0 Å². The van der Waals surface area contributed by atoms with Crippen LogP contribution < -0.4 is 15.5 Å². The Balaban J connectivity index is 1.72. The standard InChI is InChI=1S/C39H48N6O9/c1-24(27-16-12-10-13-17-27)41-34(48)43(30-31(33(47)52-9)45(32(30)46)35(49)42-25(2)28-18-14-11-15-19-28)23-26-20-21-40-29(22-26)44(36(50)53-38(3,4)5)37(51)54-39(6,7)8/h10-22,24-25,30-31H,23H2,1-9H3,(H,41,48)(H,42,49)/t24-,25-,30-,31+/m1/s1. The highest BCUT2D eigenvalue weighted by Crippen LogP contribution is 2.30. The monoisotopic (exact) mass is 744 g/mol. The molecule has 288 valence electrons. The third-order valence-corrected chi connectivity index (χ3v) is 8.15. The molecule has 0 aliphatic carbocycles. The Morgan fingerprint density at radius 3 is 1.78 bits per heavy atom. The van der Waals surface area contributed by atoms with Gasteiger partial charge in [-0.3, -0.25) is 4.79 Å². The maximum absolute atomic E-state index is 14.2. The number of hydrogen-bond acceptors (Lipinski definition) is 10. The molecule has 54 heavy (non-hydrogen) atoms. The normalized spacial score (nSPS) is 16.5. The van der Waals surface area contributed by atoms with E-state index >= 15 is 0 Å². The van der Waals surface area contributed by atoms with Crippen LogP contribution in [0.1, 0.15) is 84.2 Å². The van der Waals surface area contributed by atoms with Crippen molar-refractivity contribution in [2.24, 2.45) is 0 Å². The number of β-lactam (4-membered cyclic amide) rings is 1. The molecule has 7 amide bonds. The van der Waals surface area contributed by atoms with Crippen molar-refractivity contribution < 1.29 is 43.0 Å². The number of rotatable bonds is 9. The van der Waals surface area contributed by atoms with E-state index in [2.05, 4.69) is 15.6 Å². The predicted molar refractivity (Wildman–Crippen MR) is 198 cm³/mol. The number of benzene rings is 2. The molecular weight excluding hydrogens is 696 g/mol. The van der Waals surface area contributed by atoms with Gasteiger partial charge in [0.1, 0.15) is 23.1 Å². The molecule has 1 aliphatic rings. The highest BCUT2D eigenvalue weighted by molar-refractivity contribution is 6.11. The first kappa shape index (κ1) is 40.8. The van der Waals surface area contributed by atoms with Crippen molar-refractivity contribution in [2.75, 3.05) is 12.0 Å². The van der Waals surface area contributed by atoms with Crippen molar-refractivity contribution in [3.63, 3.8) is 0 Å². The Hall–Kier alpha value is -5.99. The number of esters is 1. The number of nitrogens with zero attached hydrogens (tertiary/aromatic N) is 4. The fraction of sp³-hybridized carbons (Fsp3) is 0.410. The minimum atomic E-state index is -1.51. The van der Waals surface area contributed by atoms with Gasteiger partial charge in [-0.15, -0.1) is 0 Å². The lowest BCUT2D eigenvalue weighted by Gasteiger charge is -2.48. The Morgan fingerprint density at radius 2 is 1.30 bits per heavy atom. The van der Waals surface area contributed by atoms with E-state index in [4.69, 9.17) is 14.2 Å². The van der Waals surface area contributed by atoms with Gasteiger partial charge in [0.25, 0.3) is 5.91 Å². The molecule has 3 aromatic rings. The highest BCUT2D eigenvalue weighted by atomic mass is 16.6. The molecule has 1 saturated heterocycles. The van der Waals surface area contributed by atoms with Crippen LogP contribution >= 0.6 is 0 Å². The van der Waals surface area contributed by atoms with Crippen LogP contribution in [0.2, 0.25) is 0 Å². The number of carbonyl (C=O) groups is 6. The van der Waals surface area contributed by atoms with E-state index in [1.165, 1.54) is 18.3 Å². The van der Waals surface area contributed by atoms with Crippen molar-refractivity contribution in [2.45, 2.75) is 97.3 Å². The van der Waals surface area contributed by atoms with Gasteiger partial charge in [0.15, 0.2) is 6.04 Å². The summed E-state index contributed by atoms with van der Waals surface area (Å²) < 4.78 is 16.0. The third kappa shape index (κ3) is 10.1. The second-order valence-electron chi connectivity index (χ2n) is 14.7. The van der Waals surface area contributed by atoms with Gasteiger partial charge >= 0.3 is 30.2 Å². The molecule has 0 unspecified atom stereocenters. The van der Waals surface area contributed by atoms with Crippen LogP contribution in [0.4, 0.5) is 25.0 Å². The average Bonchev–Trinajstić information content (AvgIpc) is 3.09. The maximum Gasteiger partial charge on any atom is 0.425 e. The molecule has 1 aromatic heterocycles. The molecular formula is C39H48N6O9. The topological polar surface area (TPSA) is 177 Å². The van der Waals surface area contributed by atoms with Gasteiger partial charge < -0.3 is 29.7 Å². The van der Waals surface area contributed by atoms with E-state index in [1.807, 2.05) is 36.4 Å². The molecule has 4 rings (SSSR count). The first-order chi connectivity index (χ1) is 25.3. The third-order valence-electron chi connectivity index (χ3n) is 8.15. The minimum Gasteiger partial charge on any atom is -0.467 e.